The van der Waals surface area contributed by atoms with Gasteiger partial charge in [-0.3, -0.25) is 4.79 Å². The third-order valence-electron chi connectivity index (χ3n) is 4.44. The molecule has 1 aromatic heterocycles. The van der Waals surface area contributed by atoms with Gasteiger partial charge in [-0.2, -0.15) is 13.2 Å². The van der Waals surface area contributed by atoms with E-state index in [4.69, 9.17) is 4.74 Å². The molecule has 1 aliphatic heterocycles. The SMILES string of the molecule is C[C@]1(c2nc(Br)ccc2F)N=C(CC(=O)c2ccccc2)O[C@H](C(F)(F)F)[C@@H]1F. The number of pyridine rings is 1. The van der Waals surface area contributed by atoms with Crippen LogP contribution in [-0.2, 0) is 10.3 Å². The molecule has 4 nitrogen and oxygen atoms in total. The predicted octanol–water partition coefficient (Wildman–Crippen LogP) is 5.17. The smallest absolute Gasteiger partial charge is 0.428 e. The van der Waals surface area contributed by atoms with Crippen molar-refractivity contribution < 1.29 is 31.5 Å². The highest BCUT2D eigenvalue weighted by Crippen LogP contribution is 2.43. The molecule has 0 unspecified atom stereocenters. The van der Waals surface area contributed by atoms with Gasteiger partial charge >= 0.3 is 6.18 Å². The summed E-state index contributed by atoms with van der Waals surface area (Å²) in [4.78, 5) is 20.1. The van der Waals surface area contributed by atoms with E-state index in [2.05, 4.69) is 25.9 Å². The maximum absolute atomic E-state index is 15.0. The van der Waals surface area contributed by atoms with Crippen LogP contribution >= 0.6 is 15.9 Å². The van der Waals surface area contributed by atoms with Gasteiger partial charge in [0.15, 0.2) is 17.9 Å². The number of benzene rings is 1. The largest absolute Gasteiger partial charge is 0.464 e. The van der Waals surface area contributed by atoms with Crippen LogP contribution in [0.25, 0.3) is 0 Å². The summed E-state index contributed by atoms with van der Waals surface area (Å²) >= 11 is 2.99. The third kappa shape index (κ3) is 4.31. The molecule has 10 heteroatoms. The van der Waals surface area contributed by atoms with E-state index in [1.165, 1.54) is 18.2 Å². The molecule has 0 fully saturated rings. The number of ether oxygens (including phenoxy) is 1. The molecule has 154 valence electrons. The lowest BCUT2D eigenvalue weighted by atomic mass is 9.86. The molecule has 0 saturated carbocycles. The van der Waals surface area contributed by atoms with E-state index in [0.717, 1.165) is 13.0 Å². The average Bonchev–Trinajstić information content (AvgIpc) is 2.66. The summed E-state index contributed by atoms with van der Waals surface area (Å²) in [5.74, 6) is -2.25. The van der Waals surface area contributed by atoms with Gasteiger partial charge in [-0.05, 0) is 35.0 Å². The lowest BCUT2D eigenvalue weighted by molar-refractivity contribution is -0.227. The summed E-state index contributed by atoms with van der Waals surface area (Å²) in [6, 6.07) is 9.93. The van der Waals surface area contributed by atoms with Crippen LogP contribution in [-0.4, -0.2) is 35.1 Å². The molecule has 0 spiro atoms. The zero-order valence-corrected chi connectivity index (χ0v) is 16.5. The molecule has 1 aliphatic rings. The topological polar surface area (TPSA) is 51.5 Å². The molecule has 3 atom stereocenters. The molecule has 3 rings (SSSR count). The molecule has 0 amide bonds. The molecular formula is C19H14BrF5N2O2. The van der Waals surface area contributed by atoms with E-state index in [-0.39, 0.29) is 10.2 Å². The van der Waals surface area contributed by atoms with Crippen molar-refractivity contribution in [2.75, 3.05) is 0 Å². The minimum absolute atomic E-state index is 0.0921. The number of hydrogen-bond donors (Lipinski definition) is 0. The van der Waals surface area contributed by atoms with E-state index < -0.39 is 53.6 Å². The fourth-order valence-electron chi connectivity index (χ4n) is 2.98. The van der Waals surface area contributed by atoms with Crippen molar-refractivity contribution in [2.24, 2.45) is 4.99 Å². The fourth-order valence-corrected chi connectivity index (χ4v) is 3.29. The van der Waals surface area contributed by atoms with Crippen LogP contribution in [0.2, 0.25) is 0 Å². The minimum atomic E-state index is -5.11. The van der Waals surface area contributed by atoms with E-state index in [0.29, 0.717) is 0 Å². The molecule has 29 heavy (non-hydrogen) atoms. The van der Waals surface area contributed by atoms with Gasteiger partial charge in [0.2, 0.25) is 6.10 Å². The number of aromatic nitrogens is 1. The highest BCUT2D eigenvalue weighted by molar-refractivity contribution is 9.10. The summed E-state index contributed by atoms with van der Waals surface area (Å²) in [5.41, 5.74) is -2.75. The second-order valence-electron chi connectivity index (χ2n) is 6.57. The summed E-state index contributed by atoms with van der Waals surface area (Å²) in [6.07, 6.45) is -11.5. The molecular weight excluding hydrogens is 463 g/mol. The number of rotatable bonds is 4. The minimum Gasteiger partial charge on any atom is -0.464 e. The van der Waals surface area contributed by atoms with E-state index in [1.54, 1.807) is 18.2 Å². The predicted molar refractivity (Wildman–Crippen MR) is 97.9 cm³/mol. The molecule has 2 aromatic rings. The Labute approximate surface area is 170 Å². The van der Waals surface area contributed by atoms with Gasteiger partial charge in [-0.1, -0.05) is 30.3 Å². The standard InChI is InChI=1S/C19H14BrF5N2O2/c1-18(16-11(21)7-8-13(20)26-16)15(22)17(19(23,24)25)29-14(27-18)9-12(28)10-5-3-2-4-6-10/h2-8,15,17H,9H2,1H3/t15-,17-,18-/m0/s1. The van der Waals surface area contributed by atoms with Gasteiger partial charge in [0.1, 0.15) is 21.7 Å². The van der Waals surface area contributed by atoms with Gasteiger partial charge < -0.3 is 4.74 Å². The Balaban J connectivity index is 2.06. The molecule has 2 heterocycles. The maximum atomic E-state index is 15.0. The Bertz CT molecular complexity index is 951. The zero-order valence-electron chi connectivity index (χ0n) is 14.9. The number of hydrogen-bond acceptors (Lipinski definition) is 4. The van der Waals surface area contributed by atoms with Crippen LogP contribution in [0.5, 0.6) is 0 Å². The molecule has 0 saturated heterocycles. The van der Waals surface area contributed by atoms with Crippen LogP contribution in [0, 0.1) is 5.82 Å². The normalized spacial score (nSPS) is 24.6. The fraction of sp³-hybridized carbons (Fsp3) is 0.316. The van der Waals surface area contributed by atoms with Crippen molar-refractivity contribution >= 4 is 27.6 Å². The van der Waals surface area contributed by atoms with Crippen LogP contribution in [0.15, 0.2) is 52.1 Å². The maximum Gasteiger partial charge on any atom is 0.428 e. The van der Waals surface area contributed by atoms with E-state index >= 15 is 0 Å². The number of nitrogens with zero attached hydrogens (tertiary/aromatic N) is 2. The number of alkyl halides is 4. The summed E-state index contributed by atoms with van der Waals surface area (Å²) in [7, 11) is 0. The van der Waals surface area contributed by atoms with Crippen LogP contribution in [0.3, 0.4) is 0 Å². The quantitative estimate of drug-likeness (QED) is 0.347. The van der Waals surface area contributed by atoms with Crippen molar-refractivity contribution in [3.8, 4) is 0 Å². The lowest BCUT2D eigenvalue weighted by Gasteiger charge is -2.39. The van der Waals surface area contributed by atoms with Crippen LogP contribution < -0.4 is 0 Å². The van der Waals surface area contributed by atoms with Gasteiger partial charge in [0, 0.05) is 5.56 Å². The zero-order chi connectivity index (χ0) is 21.4. The first-order chi connectivity index (χ1) is 13.5. The van der Waals surface area contributed by atoms with Gasteiger partial charge in [-0.25, -0.2) is 18.8 Å². The average molecular weight is 477 g/mol. The van der Waals surface area contributed by atoms with Crippen molar-refractivity contribution in [3.63, 3.8) is 0 Å². The summed E-state index contributed by atoms with van der Waals surface area (Å²) < 4.78 is 74.4. The first kappa shape index (κ1) is 21.4. The lowest BCUT2D eigenvalue weighted by Crippen LogP contribution is -2.54. The molecule has 0 N–H and O–H groups in total. The number of Topliss-reactive ketones (excluding diaryl/α,β-unsaturated/α-hetero) is 1. The number of carbonyl (C=O) groups is 1. The first-order valence-corrected chi connectivity index (χ1v) is 9.18. The Morgan fingerprint density at radius 1 is 1.21 bits per heavy atom. The van der Waals surface area contributed by atoms with E-state index in [9.17, 15) is 26.7 Å². The van der Waals surface area contributed by atoms with E-state index in [1.807, 2.05) is 0 Å². The van der Waals surface area contributed by atoms with Crippen molar-refractivity contribution in [3.05, 3.63) is 64.1 Å². The number of carbonyl (C=O) groups excluding carboxylic acids is 1. The third-order valence-corrected chi connectivity index (χ3v) is 4.89. The van der Waals surface area contributed by atoms with Gasteiger partial charge in [0.05, 0.1) is 6.42 Å². The highest BCUT2D eigenvalue weighted by atomic mass is 79.9. The summed E-state index contributed by atoms with van der Waals surface area (Å²) in [6.45, 7) is 0.990. The Morgan fingerprint density at radius 3 is 2.48 bits per heavy atom. The van der Waals surface area contributed by atoms with Crippen LogP contribution in [0.4, 0.5) is 22.0 Å². The molecule has 0 bridgehead atoms. The van der Waals surface area contributed by atoms with Crippen LogP contribution in [0.1, 0.15) is 29.4 Å². The Hall–Kier alpha value is -2.36. The number of ketones is 1. The molecule has 1 aromatic carbocycles. The van der Waals surface area contributed by atoms with Crippen molar-refractivity contribution in [1.82, 2.24) is 4.98 Å². The monoisotopic (exact) mass is 476 g/mol. The number of aliphatic imine (C=N–C) groups is 1. The van der Waals surface area contributed by atoms with Crippen molar-refractivity contribution in [1.29, 1.82) is 0 Å². The highest BCUT2D eigenvalue weighted by Gasteiger charge is 2.59. The first-order valence-electron chi connectivity index (χ1n) is 8.39. The second-order valence-corrected chi connectivity index (χ2v) is 7.38. The van der Waals surface area contributed by atoms with Crippen molar-refractivity contribution in [2.45, 2.75) is 37.3 Å². The molecule has 0 aliphatic carbocycles. The Morgan fingerprint density at radius 2 is 1.86 bits per heavy atom. The summed E-state index contributed by atoms with van der Waals surface area (Å²) in [5, 5.41) is 0. The Kier molecular flexibility index (Phi) is 5.75. The number of halogens is 6. The molecule has 0 radical (unpaired) electrons. The van der Waals surface area contributed by atoms with Gasteiger partial charge in [-0.15, -0.1) is 0 Å². The second kappa shape index (κ2) is 7.81. The van der Waals surface area contributed by atoms with Gasteiger partial charge in [0.25, 0.3) is 0 Å².